The summed E-state index contributed by atoms with van der Waals surface area (Å²) in [4.78, 5) is 3.74. The standard InChI is InChI=1S/C10H15ClN2O4S2/c1-18(14,15)9-4-2-3-8(5-9)13-6-10(12-7-13)19(11,16)17/h6-9H,2-5H2,1H3. The molecule has 0 spiro atoms. The highest BCUT2D eigenvalue weighted by Crippen LogP contribution is 2.32. The predicted octanol–water partition coefficient (Wildman–Crippen LogP) is 1.34. The first kappa shape index (κ1) is 14.8. The molecule has 19 heavy (non-hydrogen) atoms. The fourth-order valence-corrected chi connectivity index (χ4v) is 4.25. The van der Waals surface area contributed by atoms with Gasteiger partial charge in [0.25, 0.3) is 9.05 Å². The lowest BCUT2D eigenvalue weighted by atomic mass is 9.95. The Morgan fingerprint density at radius 3 is 2.53 bits per heavy atom. The second-order valence-corrected chi connectivity index (χ2v) is 9.71. The summed E-state index contributed by atoms with van der Waals surface area (Å²) >= 11 is 0. The lowest BCUT2D eigenvalue weighted by Crippen LogP contribution is -2.28. The monoisotopic (exact) mass is 326 g/mol. The molecule has 1 aromatic heterocycles. The summed E-state index contributed by atoms with van der Waals surface area (Å²) in [5.74, 6) is 0. The number of hydrogen-bond acceptors (Lipinski definition) is 5. The van der Waals surface area contributed by atoms with E-state index in [4.69, 9.17) is 10.7 Å². The molecule has 108 valence electrons. The Balaban J connectivity index is 2.21. The van der Waals surface area contributed by atoms with Gasteiger partial charge in [0.05, 0.1) is 11.6 Å². The minimum atomic E-state index is -3.84. The van der Waals surface area contributed by atoms with Crippen molar-refractivity contribution in [3.63, 3.8) is 0 Å². The zero-order chi connectivity index (χ0) is 14.3. The van der Waals surface area contributed by atoms with Crippen LogP contribution in [0.15, 0.2) is 17.6 Å². The lowest BCUT2D eigenvalue weighted by molar-refractivity contribution is 0.352. The van der Waals surface area contributed by atoms with E-state index in [1.165, 1.54) is 18.8 Å². The number of imidazole rings is 1. The van der Waals surface area contributed by atoms with Crippen LogP contribution in [0.1, 0.15) is 31.7 Å². The second-order valence-electron chi connectivity index (χ2n) is 4.87. The number of aromatic nitrogens is 2. The number of sulfone groups is 1. The number of halogens is 1. The van der Waals surface area contributed by atoms with Crippen molar-refractivity contribution in [2.45, 2.75) is 42.0 Å². The van der Waals surface area contributed by atoms with E-state index in [1.807, 2.05) is 0 Å². The van der Waals surface area contributed by atoms with Crippen LogP contribution in [0.3, 0.4) is 0 Å². The van der Waals surface area contributed by atoms with Crippen LogP contribution < -0.4 is 0 Å². The average Bonchev–Trinajstić information content (AvgIpc) is 2.77. The molecule has 0 N–H and O–H groups in total. The molecule has 0 amide bonds. The van der Waals surface area contributed by atoms with Gasteiger partial charge in [-0.2, -0.15) is 0 Å². The van der Waals surface area contributed by atoms with E-state index < -0.39 is 18.9 Å². The Labute approximate surface area is 117 Å². The maximum atomic E-state index is 11.6. The summed E-state index contributed by atoms with van der Waals surface area (Å²) in [6, 6.07) is -0.0480. The third-order valence-corrected chi connectivity index (χ3v) is 6.28. The van der Waals surface area contributed by atoms with Gasteiger partial charge in [-0.1, -0.05) is 6.42 Å². The van der Waals surface area contributed by atoms with Crippen molar-refractivity contribution < 1.29 is 16.8 Å². The first-order valence-corrected chi connectivity index (χ1v) is 10.1. The Hall–Kier alpha value is -0.600. The highest BCUT2D eigenvalue weighted by Gasteiger charge is 2.30. The third kappa shape index (κ3) is 3.49. The molecule has 6 nitrogen and oxygen atoms in total. The summed E-state index contributed by atoms with van der Waals surface area (Å²) in [7, 11) is -1.69. The minimum Gasteiger partial charge on any atom is -0.333 e. The molecule has 1 aliphatic carbocycles. The zero-order valence-electron chi connectivity index (χ0n) is 10.4. The van der Waals surface area contributed by atoms with Crippen LogP contribution in [0.4, 0.5) is 0 Å². The van der Waals surface area contributed by atoms with Crippen LogP contribution in [-0.2, 0) is 18.9 Å². The largest absolute Gasteiger partial charge is 0.333 e. The predicted molar refractivity (Wildman–Crippen MR) is 71.4 cm³/mol. The van der Waals surface area contributed by atoms with Crippen LogP contribution in [0.25, 0.3) is 0 Å². The number of hydrogen-bond donors (Lipinski definition) is 0. The van der Waals surface area contributed by atoms with Gasteiger partial charge in [0.1, 0.15) is 9.84 Å². The summed E-state index contributed by atoms with van der Waals surface area (Å²) in [6.07, 6.45) is 6.74. The molecule has 1 aliphatic rings. The molecule has 1 heterocycles. The van der Waals surface area contributed by atoms with E-state index in [2.05, 4.69) is 4.98 Å². The van der Waals surface area contributed by atoms with Gasteiger partial charge in [-0.25, -0.2) is 21.8 Å². The lowest BCUT2D eigenvalue weighted by Gasteiger charge is -2.28. The van der Waals surface area contributed by atoms with Gasteiger partial charge in [-0.3, -0.25) is 0 Å². The van der Waals surface area contributed by atoms with Gasteiger partial charge in [0.2, 0.25) is 0 Å². The summed E-state index contributed by atoms with van der Waals surface area (Å²) in [5, 5.41) is -0.569. The molecular formula is C10H15ClN2O4S2. The molecule has 0 bridgehead atoms. The average molecular weight is 327 g/mol. The molecule has 1 saturated carbocycles. The van der Waals surface area contributed by atoms with Crippen molar-refractivity contribution >= 4 is 29.6 Å². The van der Waals surface area contributed by atoms with E-state index >= 15 is 0 Å². The Morgan fingerprint density at radius 2 is 2.00 bits per heavy atom. The van der Waals surface area contributed by atoms with E-state index in [1.54, 1.807) is 4.57 Å². The SMILES string of the molecule is CS(=O)(=O)C1CCCC(n2cnc(S(=O)(=O)Cl)c2)C1. The van der Waals surface area contributed by atoms with Gasteiger partial charge < -0.3 is 4.57 Å². The van der Waals surface area contributed by atoms with E-state index in [0.717, 1.165) is 12.8 Å². The topological polar surface area (TPSA) is 86.1 Å². The molecule has 1 aromatic rings. The van der Waals surface area contributed by atoms with E-state index in [-0.39, 0.29) is 16.3 Å². The van der Waals surface area contributed by atoms with Gasteiger partial charge in [0, 0.05) is 29.2 Å². The van der Waals surface area contributed by atoms with Crippen molar-refractivity contribution in [1.82, 2.24) is 9.55 Å². The summed E-state index contributed by atoms with van der Waals surface area (Å²) in [6.45, 7) is 0. The fourth-order valence-electron chi connectivity index (χ4n) is 2.42. The van der Waals surface area contributed by atoms with Crippen LogP contribution in [0.5, 0.6) is 0 Å². The van der Waals surface area contributed by atoms with Crippen LogP contribution in [0.2, 0.25) is 0 Å². The van der Waals surface area contributed by atoms with Gasteiger partial charge in [0.15, 0.2) is 5.03 Å². The molecule has 2 unspecified atom stereocenters. The van der Waals surface area contributed by atoms with Crippen LogP contribution in [-0.4, -0.2) is 37.9 Å². The van der Waals surface area contributed by atoms with Crippen molar-refractivity contribution in [1.29, 1.82) is 0 Å². The number of nitrogens with zero attached hydrogens (tertiary/aromatic N) is 2. The number of rotatable bonds is 3. The first-order valence-electron chi connectivity index (χ1n) is 5.85. The minimum absolute atomic E-state index is 0.0480. The zero-order valence-corrected chi connectivity index (χ0v) is 12.7. The molecule has 9 heteroatoms. The molecule has 0 aliphatic heterocycles. The van der Waals surface area contributed by atoms with E-state index in [0.29, 0.717) is 12.8 Å². The summed E-state index contributed by atoms with van der Waals surface area (Å²) < 4.78 is 47.1. The van der Waals surface area contributed by atoms with Gasteiger partial charge in [-0.05, 0) is 19.3 Å². The van der Waals surface area contributed by atoms with Crippen molar-refractivity contribution in [3.8, 4) is 0 Å². The highest BCUT2D eigenvalue weighted by atomic mass is 35.7. The molecule has 0 aromatic carbocycles. The highest BCUT2D eigenvalue weighted by molar-refractivity contribution is 8.13. The molecule has 0 radical (unpaired) electrons. The summed E-state index contributed by atoms with van der Waals surface area (Å²) in [5.41, 5.74) is 0. The van der Waals surface area contributed by atoms with E-state index in [9.17, 15) is 16.8 Å². The maximum Gasteiger partial charge on any atom is 0.280 e. The van der Waals surface area contributed by atoms with Crippen LogP contribution >= 0.6 is 10.7 Å². The van der Waals surface area contributed by atoms with Crippen molar-refractivity contribution in [2.75, 3.05) is 6.26 Å². The van der Waals surface area contributed by atoms with Gasteiger partial charge >= 0.3 is 0 Å². The normalized spacial score (nSPS) is 25.4. The Kier molecular flexibility index (Phi) is 3.95. The quantitative estimate of drug-likeness (QED) is 0.782. The molecule has 2 atom stereocenters. The Bertz CT molecular complexity index is 665. The molecular weight excluding hydrogens is 312 g/mol. The van der Waals surface area contributed by atoms with Crippen molar-refractivity contribution in [3.05, 3.63) is 12.5 Å². The molecule has 1 fully saturated rings. The van der Waals surface area contributed by atoms with Gasteiger partial charge in [-0.15, -0.1) is 0 Å². The smallest absolute Gasteiger partial charge is 0.280 e. The second kappa shape index (κ2) is 5.06. The fraction of sp³-hybridized carbons (Fsp3) is 0.700. The van der Waals surface area contributed by atoms with Crippen LogP contribution in [0, 0.1) is 0 Å². The Morgan fingerprint density at radius 1 is 1.32 bits per heavy atom. The van der Waals surface area contributed by atoms with Crippen molar-refractivity contribution in [2.24, 2.45) is 0 Å². The first-order chi connectivity index (χ1) is 8.68. The molecule has 0 saturated heterocycles. The maximum absolute atomic E-state index is 11.6. The third-order valence-electron chi connectivity index (χ3n) is 3.45. The molecule has 2 rings (SSSR count).